The minimum Gasteiger partial charge on any atom is -0.330 e. The molecule has 0 unspecified atom stereocenters. The van der Waals surface area contributed by atoms with Crippen LogP contribution >= 0.6 is 0 Å². The Bertz CT molecular complexity index is 420. The van der Waals surface area contributed by atoms with E-state index in [1.807, 2.05) is 29.1 Å². The molecule has 0 atom stereocenters. The van der Waals surface area contributed by atoms with E-state index in [-0.39, 0.29) is 0 Å². The van der Waals surface area contributed by atoms with Gasteiger partial charge in [-0.1, -0.05) is 30.3 Å². The molecule has 0 saturated carbocycles. The Labute approximate surface area is 95.9 Å². The third-order valence-corrected chi connectivity index (χ3v) is 2.58. The van der Waals surface area contributed by atoms with Crippen molar-refractivity contribution in [3.63, 3.8) is 0 Å². The number of unbranched alkanes of at least 4 members (excludes halogenated alkanes) is 1. The van der Waals surface area contributed by atoms with Crippen molar-refractivity contribution in [1.82, 2.24) is 9.78 Å². The van der Waals surface area contributed by atoms with Crippen LogP contribution in [0.4, 0.5) is 0 Å². The lowest BCUT2D eigenvalue weighted by atomic mass is 10.1. The molecule has 0 radical (unpaired) electrons. The smallest absolute Gasteiger partial charge is 0.0568 e. The molecule has 0 spiro atoms. The predicted molar refractivity (Wildman–Crippen MR) is 66.0 cm³/mol. The molecule has 2 rings (SSSR count). The van der Waals surface area contributed by atoms with Crippen LogP contribution in [0.2, 0.25) is 0 Å². The summed E-state index contributed by atoms with van der Waals surface area (Å²) in [7, 11) is 0. The van der Waals surface area contributed by atoms with E-state index >= 15 is 0 Å². The van der Waals surface area contributed by atoms with Crippen LogP contribution in [0.25, 0.3) is 11.1 Å². The molecule has 0 fully saturated rings. The number of aryl methyl sites for hydroxylation is 1. The standard InChI is InChI=1S/C13H17N3/c14-8-4-5-9-16-11-13(10-15-16)12-6-2-1-3-7-12/h1-3,6-7,10-11H,4-5,8-9,14H2. The number of hydrogen-bond acceptors (Lipinski definition) is 2. The van der Waals surface area contributed by atoms with Crippen LogP contribution in [0, 0.1) is 0 Å². The molecule has 3 heteroatoms. The minimum atomic E-state index is 0.757. The average Bonchev–Trinajstić information content (AvgIpc) is 2.79. The number of hydrogen-bond donors (Lipinski definition) is 1. The third-order valence-electron chi connectivity index (χ3n) is 2.58. The summed E-state index contributed by atoms with van der Waals surface area (Å²) in [5.74, 6) is 0. The third kappa shape index (κ3) is 2.70. The van der Waals surface area contributed by atoms with E-state index in [1.165, 1.54) is 11.1 Å². The molecule has 0 aliphatic heterocycles. The van der Waals surface area contributed by atoms with Gasteiger partial charge < -0.3 is 5.73 Å². The molecule has 1 heterocycles. The van der Waals surface area contributed by atoms with Gasteiger partial charge in [0.25, 0.3) is 0 Å². The van der Waals surface area contributed by atoms with E-state index in [4.69, 9.17) is 5.73 Å². The number of aromatic nitrogens is 2. The number of benzene rings is 1. The molecular weight excluding hydrogens is 198 g/mol. The van der Waals surface area contributed by atoms with Crippen molar-refractivity contribution >= 4 is 0 Å². The highest BCUT2D eigenvalue weighted by Crippen LogP contribution is 2.17. The number of nitrogens with two attached hydrogens (primary N) is 1. The summed E-state index contributed by atoms with van der Waals surface area (Å²) in [4.78, 5) is 0. The number of rotatable bonds is 5. The molecular formula is C13H17N3. The van der Waals surface area contributed by atoms with Crippen LogP contribution in [-0.4, -0.2) is 16.3 Å². The first-order valence-corrected chi connectivity index (χ1v) is 5.68. The maximum Gasteiger partial charge on any atom is 0.0568 e. The molecule has 0 bridgehead atoms. The van der Waals surface area contributed by atoms with E-state index < -0.39 is 0 Å². The van der Waals surface area contributed by atoms with Gasteiger partial charge in [0.15, 0.2) is 0 Å². The lowest BCUT2D eigenvalue weighted by Crippen LogP contribution is -2.03. The highest BCUT2D eigenvalue weighted by molar-refractivity contribution is 5.61. The molecule has 2 aromatic rings. The van der Waals surface area contributed by atoms with Crippen molar-refractivity contribution in [1.29, 1.82) is 0 Å². The Balaban J connectivity index is 2.02. The molecule has 3 nitrogen and oxygen atoms in total. The van der Waals surface area contributed by atoms with Gasteiger partial charge in [0.05, 0.1) is 6.20 Å². The molecule has 0 aliphatic rings. The van der Waals surface area contributed by atoms with Crippen LogP contribution in [0.5, 0.6) is 0 Å². The normalized spacial score (nSPS) is 10.6. The first-order valence-electron chi connectivity index (χ1n) is 5.68. The molecule has 84 valence electrons. The first-order chi connectivity index (χ1) is 7.90. The zero-order chi connectivity index (χ0) is 11.2. The van der Waals surface area contributed by atoms with Gasteiger partial charge in [0.2, 0.25) is 0 Å². The molecule has 16 heavy (non-hydrogen) atoms. The predicted octanol–water partition coefficient (Wildman–Crippen LogP) is 2.29. The Kier molecular flexibility index (Phi) is 3.72. The van der Waals surface area contributed by atoms with Crippen molar-refractivity contribution in [3.8, 4) is 11.1 Å². The van der Waals surface area contributed by atoms with E-state index in [0.29, 0.717) is 0 Å². The summed E-state index contributed by atoms with van der Waals surface area (Å²) in [6.07, 6.45) is 6.15. The van der Waals surface area contributed by atoms with Crippen molar-refractivity contribution in [2.24, 2.45) is 5.73 Å². The molecule has 0 saturated heterocycles. The lowest BCUT2D eigenvalue weighted by Gasteiger charge is -1.99. The largest absolute Gasteiger partial charge is 0.330 e. The fraction of sp³-hybridized carbons (Fsp3) is 0.308. The Hall–Kier alpha value is -1.61. The monoisotopic (exact) mass is 215 g/mol. The Morgan fingerprint density at radius 2 is 1.88 bits per heavy atom. The molecule has 1 aromatic carbocycles. The first kappa shape index (κ1) is 10.9. The molecule has 1 aromatic heterocycles. The maximum absolute atomic E-state index is 5.46. The maximum atomic E-state index is 5.46. The van der Waals surface area contributed by atoms with Gasteiger partial charge in [0, 0.05) is 18.3 Å². The second-order valence-corrected chi connectivity index (χ2v) is 3.85. The van der Waals surface area contributed by atoms with Crippen LogP contribution in [0.3, 0.4) is 0 Å². The van der Waals surface area contributed by atoms with Crippen LogP contribution in [-0.2, 0) is 6.54 Å². The molecule has 2 N–H and O–H groups in total. The topological polar surface area (TPSA) is 43.8 Å². The van der Waals surface area contributed by atoms with Gasteiger partial charge in [-0.25, -0.2) is 0 Å². The highest BCUT2D eigenvalue weighted by atomic mass is 15.3. The van der Waals surface area contributed by atoms with E-state index in [1.54, 1.807) is 0 Å². The summed E-state index contributed by atoms with van der Waals surface area (Å²) in [5, 5.41) is 4.34. The number of nitrogens with zero attached hydrogens (tertiary/aromatic N) is 2. The quantitative estimate of drug-likeness (QED) is 0.778. The minimum absolute atomic E-state index is 0.757. The fourth-order valence-electron chi connectivity index (χ4n) is 1.68. The second kappa shape index (κ2) is 5.47. The fourth-order valence-corrected chi connectivity index (χ4v) is 1.68. The van der Waals surface area contributed by atoms with Crippen molar-refractivity contribution in [2.75, 3.05) is 6.54 Å². The zero-order valence-electron chi connectivity index (χ0n) is 9.34. The van der Waals surface area contributed by atoms with Crippen molar-refractivity contribution < 1.29 is 0 Å². The van der Waals surface area contributed by atoms with Gasteiger partial charge in [-0.2, -0.15) is 5.10 Å². The van der Waals surface area contributed by atoms with E-state index in [2.05, 4.69) is 23.4 Å². The van der Waals surface area contributed by atoms with Gasteiger partial charge in [-0.3, -0.25) is 4.68 Å². The van der Waals surface area contributed by atoms with Crippen LogP contribution in [0.15, 0.2) is 42.7 Å². The average molecular weight is 215 g/mol. The highest BCUT2D eigenvalue weighted by Gasteiger charge is 2.00. The van der Waals surface area contributed by atoms with E-state index in [9.17, 15) is 0 Å². The van der Waals surface area contributed by atoms with Gasteiger partial charge in [0.1, 0.15) is 0 Å². The Morgan fingerprint density at radius 3 is 2.62 bits per heavy atom. The van der Waals surface area contributed by atoms with Gasteiger partial charge >= 0.3 is 0 Å². The second-order valence-electron chi connectivity index (χ2n) is 3.85. The van der Waals surface area contributed by atoms with Crippen molar-refractivity contribution in [2.45, 2.75) is 19.4 Å². The molecule has 0 amide bonds. The van der Waals surface area contributed by atoms with Gasteiger partial charge in [-0.15, -0.1) is 0 Å². The summed E-state index contributed by atoms with van der Waals surface area (Å²) < 4.78 is 1.98. The van der Waals surface area contributed by atoms with Crippen LogP contribution < -0.4 is 5.73 Å². The lowest BCUT2D eigenvalue weighted by molar-refractivity contribution is 0.561. The zero-order valence-corrected chi connectivity index (χ0v) is 9.34. The Morgan fingerprint density at radius 1 is 1.06 bits per heavy atom. The SMILES string of the molecule is NCCCCn1cc(-c2ccccc2)cn1. The molecule has 0 aliphatic carbocycles. The van der Waals surface area contributed by atoms with E-state index in [0.717, 1.165) is 25.9 Å². The summed E-state index contributed by atoms with van der Waals surface area (Å²) in [6.45, 7) is 1.71. The summed E-state index contributed by atoms with van der Waals surface area (Å²) in [5.41, 5.74) is 7.85. The van der Waals surface area contributed by atoms with Gasteiger partial charge in [-0.05, 0) is 24.9 Å². The summed E-state index contributed by atoms with van der Waals surface area (Å²) >= 11 is 0. The van der Waals surface area contributed by atoms with Crippen molar-refractivity contribution in [3.05, 3.63) is 42.7 Å². The van der Waals surface area contributed by atoms with Crippen LogP contribution in [0.1, 0.15) is 12.8 Å². The summed E-state index contributed by atoms with van der Waals surface area (Å²) in [6, 6.07) is 10.3.